The van der Waals surface area contributed by atoms with Crippen LogP contribution in [0.4, 0.5) is 110 Å². The van der Waals surface area contributed by atoms with E-state index in [1.807, 2.05) is 0 Å². The van der Waals surface area contributed by atoms with E-state index in [-0.39, 0.29) is 0 Å². The van der Waals surface area contributed by atoms with Gasteiger partial charge in [-0.15, -0.1) is 4.72 Å². The van der Waals surface area contributed by atoms with Crippen molar-refractivity contribution in [3.63, 3.8) is 0 Å². The first-order valence-electron chi connectivity index (χ1n) is 8.44. The zero-order chi connectivity index (χ0) is 35.2. The Morgan fingerprint density at radius 3 is 0.690 bits per heavy atom. The molecule has 1 atom stereocenters. The molecule has 0 aromatic rings. The van der Waals surface area contributed by atoms with Crippen LogP contribution in [0.2, 0.25) is 0 Å². The topological polar surface area (TPSA) is 66.4 Å². The van der Waals surface area contributed by atoms with E-state index in [1.54, 1.807) is 0 Å². The molecule has 0 radical (unpaired) electrons. The van der Waals surface area contributed by atoms with Crippen LogP contribution in [0.3, 0.4) is 0 Å². The lowest BCUT2D eigenvalue weighted by Gasteiger charge is -2.46. The van der Waals surface area contributed by atoms with E-state index >= 15 is 0 Å². The van der Waals surface area contributed by atoms with E-state index in [1.165, 1.54) is 0 Å². The Morgan fingerprint density at radius 1 is 0.333 bits per heavy atom. The molecule has 0 saturated carbocycles. The predicted octanol–water partition coefficient (Wildman–Crippen LogP) is 6.89. The standard InChI is InChI=1S/C12H2F25NO3S/c13-1(14,3(17,18)5(21,22)7(25,26)9(29,30)11(32,33)34)2(15,16)4(19,20)6(23,24)8(27,28)10(31,12(35,36)37)38-42(39,40)41/h38H,(H,39,40,41). The van der Waals surface area contributed by atoms with Gasteiger partial charge < -0.3 is 0 Å². The monoisotopic (exact) mass is 715 g/mol. The molecule has 0 heterocycles. The minimum atomic E-state index is -9.74. The highest BCUT2D eigenvalue weighted by atomic mass is 32.2. The SMILES string of the molecule is O=S(=O)(O)NC(F)(C(F)(F)F)C(F)(F)C(F)(F)C(F)(F)C(F)(F)C(F)(F)C(F)(F)C(F)(F)C(F)(F)C(F)(F)C(F)(F)F. The quantitative estimate of drug-likeness (QED) is 0.139. The Balaban J connectivity index is 7.54. The van der Waals surface area contributed by atoms with Gasteiger partial charge in [-0.2, -0.15) is 114 Å². The van der Waals surface area contributed by atoms with Gasteiger partial charge >= 0.3 is 81.8 Å². The first-order chi connectivity index (χ1) is 17.5. The molecule has 2 N–H and O–H groups in total. The molecule has 0 aromatic heterocycles. The van der Waals surface area contributed by atoms with Gasteiger partial charge in [0, 0.05) is 0 Å². The molecule has 0 saturated heterocycles. The van der Waals surface area contributed by atoms with E-state index in [9.17, 15) is 118 Å². The second-order valence-corrected chi connectivity index (χ2v) is 8.55. The van der Waals surface area contributed by atoms with Crippen molar-refractivity contribution in [2.75, 3.05) is 0 Å². The summed E-state index contributed by atoms with van der Waals surface area (Å²) in [5, 5.41) is 0. The van der Waals surface area contributed by atoms with Crippen LogP contribution in [0.1, 0.15) is 0 Å². The van der Waals surface area contributed by atoms with Crippen molar-refractivity contribution in [1.29, 1.82) is 0 Å². The third kappa shape index (κ3) is 4.94. The molecule has 4 nitrogen and oxygen atoms in total. The zero-order valence-electron chi connectivity index (χ0n) is 17.6. The van der Waals surface area contributed by atoms with E-state index in [2.05, 4.69) is 0 Å². The Morgan fingerprint density at radius 2 is 0.524 bits per heavy atom. The van der Waals surface area contributed by atoms with Crippen molar-refractivity contribution in [2.45, 2.75) is 71.4 Å². The molecule has 0 bridgehead atoms. The van der Waals surface area contributed by atoms with Crippen LogP contribution < -0.4 is 4.72 Å². The van der Waals surface area contributed by atoms with Crippen molar-refractivity contribution >= 4 is 10.3 Å². The molecule has 0 aliphatic heterocycles. The summed E-state index contributed by atoms with van der Waals surface area (Å²) >= 11 is 0. The molecule has 42 heavy (non-hydrogen) atoms. The first-order valence-corrected chi connectivity index (χ1v) is 9.88. The minimum Gasteiger partial charge on any atom is -0.273 e. The Kier molecular flexibility index (Phi) is 9.13. The predicted molar refractivity (Wildman–Crippen MR) is 75.2 cm³/mol. The number of rotatable bonds is 11. The highest BCUT2D eigenvalue weighted by Gasteiger charge is 2.99. The van der Waals surface area contributed by atoms with E-state index in [0.717, 1.165) is 0 Å². The Hall–Kier alpha value is -1.88. The van der Waals surface area contributed by atoms with Gasteiger partial charge in [-0.3, -0.25) is 4.55 Å². The van der Waals surface area contributed by atoms with Crippen molar-refractivity contribution in [3.05, 3.63) is 0 Å². The number of alkyl halides is 25. The summed E-state index contributed by atoms with van der Waals surface area (Å²) in [6.07, 6.45) is -16.4. The van der Waals surface area contributed by atoms with Gasteiger partial charge in [-0.25, -0.2) is 4.39 Å². The Labute approximate surface area is 210 Å². The number of hydrogen-bond acceptors (Lipinski definition) is 2. The highest BCUT2D eigenvalue weighted by molar-refractivity contribution is 7.83. The normalized spacial score (nSPS) is 18.2. The van der Waals surface area contributed by atoms with Gasteiger partial charge in [-0.1, -0.05) is 0 Å². The summed E-state index contributed by atoms with van der Waals surface area (Å²) in [5.41, 5.74) is 0. The summed E-state index contributed by atoms with van der Waals surface area (Å²) < 4.78 is 355. The number of hydrogen-bond donors (Lipinski definition) is 2. The maximum atomic E-state index is 13.8. The third-order valence-corrected chi connectivity index (χ3v) is 5.14. The lowest BCUT2D eigenvalue weighted by Crippen LogP contribution is -2.80. The molecule has 30 heteroatoms. The number of nitrogens with one attached hydrogen (secondary N) is 1. The van der Waals surface area contributed by atoms with Crippen molar-refractivity contribution < 1.29 is 123 Å². The van der Waals surface area contributed by atoms with Gasteiger partial charge in [-0.05, 0) is 0 Å². The molecule has 0 spiro atoms. The third-order valence-electron chi connectivity index (χ3n) is 4.60. The average Bonchev–Trinajstić information content (AvgIpc) is 2.69. The molecule has 0 rings (SSSR count). The minimum absolute atomic E-state index is 1.63. The molecule has 0 aliphatic rings. The van der Waals surface area contributed by atoms with Crippen LogP contribution in [-0.4, -0.2) is 84.4 Å². The Bertz CT molecular complexity index is 1120. The molecule has 0 aliphatic carbocycles. The van der Waals surface area contributed by atoms with Gasteiger partial charge in [0.15, 0.2) is 0 Å². The molecule has 0 fully saturated rings. The summed E-state index contributed by atoms with van der Waals surface area (Å²) in [6, 6.07) is 0. The van der Waals surface area contributed by atoms with Crippen molar-refractivity contribution in [3.8, 4) is 0 Å². The lowest BCUT2D eigenvalue weighted by atomic mass is 9.84. The average molecular weight is 715 g/mol. The molecule has 1 unspecified atom stereocenters. The van der Waals surface area contributed by atoms with E-state index in [0.29, 0.717) is 0 Å². The van der Waals surface area contributed by atoms with E-state index in [4.69, 9.17) is 4.55 Å². The van der Waals surface area contributed by atoms with Gasteiger partial charge in [0.25, 0.3) is 0 Å². The van der Waals surface area contributed by atoms with Crippen LogP contribution in [0.5, 0.6) is 0 Å². The van der Waals surface area contributed by atoms with Crippen molar-refractivity contribution in [1.82, 2.24) is 4.72 Å². The number of halogens is 25. The summed E-state index contributed by atoms with van der Waals surface area (Å²) in [6.45, 7) is 0. The van der Waals surface area contributed by atoms with Gasteiger partial charge in [0.05, 0.1) is 0 Å². The fourth-order valence-corrected chi connectivity index (χ4v) is 2.85. The molecule has 0 aromatic carbocycles. The van der Waals surface area contributed by atoms with Crippen molar-refractivity contribution in [2.24, 2.45) is 0 Å². The zero-order valence-corrected chi connectivity index (χ0v) is 18.4. The van der Waals surface area contributed by atoms with Crippen LogP contribution in [0.25, 0.3) is 0 Å². The van der Waals surface area contributed by atoms with Gasteiger partial charge in [0.1, 0.15) is 0 Å². The fraction of sp³-hybridized carbons (Fsp3) is 1.00. The van der Waals surface area contributed by atoms with Crippen LogP contribution in [0.15, 0.2) is 0 Å². The molecule has 254 valence electrons. The maximum Gasteiger partial charge on any atom is 0.460 e. The second-order valence-electron chi connectivity index (χ2n) is 7.40. The maximum absolute atomic E-state index is 13.8. The lowest BCUT2D eigenvalue weighted by molar-refractivity contribution is -0.480. The van der Waals surface area contributed by atoms with Crippen LogP contribution in [0, 0.1) is 0 Å². The second kappa shape index (κ2) is 9.56. The summed E-state index contributed by atoms with van der Waals surface area (Å²) in [4.78, 5) is 0. The fourth-order valence-electron chi connectivity index (χ4n) is 2.25. The van der Waals surface area contributed by atoms with E-state index < -0.39 is 86.5 Å². The van der Waals surface area contributed by atoms with Gasteiger partial charge in [0.2, 0.25) is 0 Å². The highest BCUT2D eigenvalue weighted by Crippen LogP contribution is 2.67. The smallest absolute Gasteiger partial charge is 0.273 e. The van der Waals surface area contributed by atoms with Crippen LogP contribution in [-0.2, 0) is 10.3 Å². The first kappa shape index (κ1) is 40.1. The molecular weight excluding hydrogens is 713 g/mol. The summed E-state index contributed by atoms with van der Waals surface area (Å²) in [7, 11) is -7.41. The van der Waals surface area contributed by atoms with Crippen LogP contribution >= 0.6 is 0 Å². The summed E-state index contributed by atoms with van der Waals surface area (Å²) in [5.74, 6) is -93.0. The molecular formula is C12H2F25NO3S. The molecule has 0 amide bonds. The largest absolute Gasteiger partial charge is 0.460 e.